The second-order valence-electron chi connectivity index (χ2n) is 5.05. The van der Waals surface area contributed by atoms with E-state index in [-0.39, 0.29) is 22.9 Å². The summed E-state index contributed by atoms with van der Waals surface area (Å²) in [4.78, 5) is 42.3. The number of methoxy groups -OCH3 is 1. The molecule has 0 aliphatic rings. The number of aromatic amines is 1. The van der Waals surface area contributed by atoms with Crippen LogP contribution in [0, 0.1) is 12.3 Å². The highest BCUT2D eigenvalue weighted by Gasteiger charge is 2.17. The number of fused-ring (bicyclic) bond motifs is 1. The summed E-state index contributed by atoms with van der Waals surface area (Å²) in [7, 11) is 1.25. The third kappa shape index (κ3) is 4.20. The van der Waals surface area contributed by atoms with Gasteiger partial charge in [-0.1, -0.05) is 6.42 Å². The van der Waals surface area contributed by atoms with E-state index in [2.05, 4.69) is 25.9 Å². The average Bonchev–Trinajstić information content (AvgIpc) is 2.98. The molecule has 2 rings (SSSR count). The first-order chi connectivity index (χ1) is 11.6. The summed E-state index contributed by atoms with van der Waals surface area (Å²) in [6, 6.07) is 0. The van der Waals surface area contributed by atoms with Crippen LogP contribution in [0.3, 0.4) is 0 Å². The number of terminal acetylenes is 1. The first-order valence-electron chi connectivity index (χ1n) is 7.40. The molecule has 0 saturated heterocycles. The molecule has 0 radical (unpaired) electrons. The second-order valence-corrected chi connectivity index (χ2v) is 5.93. The molecule has 0 aliphatic heterocycles. The molecular formula is C16H17N3O4S. The number of hydrogen-bond acceptors (Lipinski definition) is 6. The summed E-state index contributed by atoms with van der Waals surface area (Å²) in [5, 5.41) is 4.06. The standard InChI is InChI=1S/C16H17N3O4S/c1-3-4-5-6-7-8-11(20)17-16-18-12-10(15(22)23-2)9-24-13(12)14(21)19-16/h1,9H,4-8H2,2H3,(H2,17,18,19,20,21). The van der Waals surface area contributed by atoms with Gasteiger partial charge in [0.25, 0.3) is 5.56 Å². The van der Waals surface area contributed by atoms with E-state index in [0.717, 1.165) is 24.2 Å². The molecule has 0 unspecified atom stereocenters. The zero-order valence-corrected chi connectivity index (χ0v) is 14.0. The zero-order chi connectivity index (χ0) is 17.5. The summed E-state index contributed by atoms with van der Waals surface area (Å²) in [5.41, 5.74) is 0.0118. The summed E-state index contributed by atoms with van der Waals surface area (Å²) in [5.74, 6) is 1.73. The highest BCUT2D eigenvalue weighted by molar-refractivity contribution is 7.17. The lowest BCUT2D eigenvalue weighted by Crippen LogP contribution is -2.18. The first-order valence-corrected chi connectivity index (χ1v) is 8.28. The van der Waals surface area contributed by atoms with Gasteiger partial charge in [0.2, 0.25) is 11.9 Å². The second kappa shape index (κ2) is 8.26. The molecule has 24 heavy (non-hydrogen) atoms. The number of nitrogens with zero attached hydrogens (tertiary/aromatic N) is 1. The van der Waals surface area contributed by atoms with Gasteiger partial charge in [-0.15, -0.1) is 23.7 Å². The number of esters is 1. The lowest BCUT2D eigenvalue weighted by Gasteiger charge is -2.04. The topological polar surface area (TPSA) is 101 Å². The number of carbonyl (C=O) groups is 2. The molecule has 126 valence electrons. The minimum atomic E-state index is -0.579. The molecular weight excluding hydrogens is 330 g/mol. The number of carbonyl (C=O) groups excluding carboxylic acids is 2. The van der Waals surface area contributed by atoms with Crippen LogP contribution in [-0.4, -0.2) is 29.0 Å². The minimum absolute atomic E-state index is 0.0182. The minimum Gasteiger partial charge on any atom is -0.465 e. The van der Waals surface area contributed by atoms with E-state index in [0.29, 0.717) is 24.0 Å². The Balaban J connectivity index is 2.09. The molecule has 1 amide bonds. The van der Waals surface area contributed by atoms with Gasteiger partial charge in [-0.3, -0.25) is 19.9 Å². The molecule has 0 bridgehead atoms. The molecule has 8 heteroatoms. The monoisotopic (exact) mass is 347 g/mol. The molecule has 7 nitrogen and oxygen atoms in total. The Morgan fingerprint density at radius 3 is 2.92 bits per heavy atom. The fourth-order valence-electron chi connectivity index (χ4n) is 2.13. The van der Waals surface area contributed by atoms with Crippen LogP contribution in [0.2, 0.25) is 0 Å². The van der Waals surface area contributed by atoms with Crippen LogP contribution < -0.4 is 10.9 Å². The lowest BCUT2D eigenvalue weighted by molar-refractivity contribution is -0.116. The van der Waals surface area contributed by atoms with Crippen molar-refractivity contribution in [3.63, 3.8) is 0 Å². The third-order valence-electron chi connectivity index (χ3n) is 3.31. The van der Waals surface area contributed by atoms with E-state index < -0.39 is 11.5 Å². The number of H-pyrrole nitrogens is 1. The average molecular weight is 347 g/mol. The molecule has 0 saturated carbocycles. The highest BCUT2D eigenvalue weighted by Crippen LogP contribution is 2.22. The van der Waals surface area contributed by atoms with Gasteiger partial charge in [-0.2, -0.15) is 0 Å². The van der Waals surface area contributed by atoms with Crippen molar-refractivity contribution in [3.05, 3.63) is 21.3 Å². The molecule has 0 spiro atoms. The number of thiophene rings is 1. The smallest absolute Gasteiger partial charge is 0.340 e. The Bertz CT molecular complexity index is 847. The van der Waals surface area contributed by atoms with Crippen molar-refractivity contribution in [2.75, 3.05) is 12.4 Å². The van der Waals surface area contributed by atoms with Gasteiger partial charge in [0.05, 0.1) is 12.7 Å². The highest BCUT2D eigenvalue weighted by atomic mass is 32.1. The Morgan fingerprint density at radius 2 is 2.21 bits per heavy atom. The van der Waals surface area contributed by atoms with Crippen molar-refractivity contribution in [1.82, 2.24) is 9.97 Å². The number of anilines is 1. The van der Waals surface area contributed by atoms with Crippen LogP contribution in [0.25, 0.3) is 10.2 Å². The van der Waals surface area contributed by atoms with E-state index in [1.807, 2.05) is 0 Å². The fourth-order valence-corrected chi connectivity index (χ4v) is 2.99. The van der Waals surface area contributed by atoms with Gasteiger partial charge in [0.15, 0.2) is 0 Å². The molecule has 0 aromatic carbocycles. The summed E-state index contributed by atoms with van der Waals surface area (Å²) >= 11 is 1.10. The lowest BCUT2D eigenvalue weighted by atomic mass is 10.1. The number of aromatic nitrogens is 2. The Hall–Kier alpha value is -2.66. The quantitative estimate of drug-likeness (QED) is 0.455. The van der Waals surface area contributed by atoms with Crippen LogP contribution in [0.1, 0.15) is 42.5 Å². The van der Waals surface area contributed by atoms with Gasteiger partial charge in [-0.05, 0) is 12.8 Å². The molecule has 0 atom stereocenters. The maximum atomic E-state index is 12.0. The first kappa shape index (κ1) is 17.7. The van der Waals surface area contributed by atoms with Gasteiger partial charge in [0, 0.05) is 18.2 Å². The van der Waals surface area contributed by atoms with Crippen molar-refractivity contribution < 1.29 is 14.3 Å². The van der Waals surface area contributed by atoms with Gasteiger partial charge in [-0.25, -0.2) is 9.78 Å². The Morgan fingerprint density at radius 1 is 1.42 bits per heavy atom. The van der Waals surface area contributed by atoms with Gasteiger partial charge < -0.3 is 4.74 Å². The zero-order valence-electron chi connectivity index (χ0n) is 13.2. The number of amides is 1. The fraction of sp³-hybridized carbons (Fsp3) is 0.375. The Labute approximate surface area is 142 Å². The van der Waals surface area contributed by atoms with E-state index in [9.17, 15) is 14.4 Å². The number of ether oxygens (including phenoxy) is 1. The SMILES string of the molecule is C#CCCCCCC(=O)Nc1nc2c(C(=O)OC)csc2c(=O)[nH]1. The van der Waals surface area contributed by atoms with Crippen molar-refractivity contribution in [2.24, 2.45) is 0 Å². The van der Waals surface area contributed by atoms with E-state index >= 15 is 0 Å². The van der Waals surface area contributed by atoms with Crippen LogP contribution in [-0.2, 0) is 9.53 Å². The normalized spacial score (nSPS) is 10.3. The van der Waals surface area contributed by atoms with Crippen LogP contribution in [0.4, 0.5) is 5.95 Å². The largest absolute Gasteiger partial charge is 0.465 e. The van der Waals surface area contributed by atoms with E-state index in [4.69, 9.17) is 6.42 Å². The summed E-state index contributed by atoms with van der Waals surface area (Å²) < 4.78 is 4.97. The van der Waals surface area contributed by atoms with Gasteiger partial charge in [0.1, 0.15) is 10.2 Å². The van der Waals surface area contributed by atoms with Crippen LogP contribution in [0.15, 0.2) is 10.2 Å². The van der Waals surface area contributed by atoms with Gasteiger partial charge >= 0.3 is 5.97 Å². The molecule has 2 N–H and O–H groups in total. The van der Waals surface area contributed by atoms with E-state index in [1.165, 1.54) is 12.5 Å². The number of rotatable bonds is 7. The third-order valence-corrected chi connectivity index (χ3v) is 4.28. The van der Waals surface area contributed by atoms with E-state index in [1.54, 1.807) is 0 Å². The van der Waals surface area contributed by atoms with Crippen molar-refractivity contribution in [1.29, 1.82) is 0 Å². The molecule has 2 aromatic rings. The molecule has 0 aliphatic carbocycles. The maximum absolute atomic E-state index is 12.0. The van der Waals surface area contributed by atoms with Crippen LogP contribution >= 0.6 is 11.3 Å². The Kier molecular flexibility index (Phi) is 6.09. The van der Waals surface area contributed by atoms with Crippen LogP contribution in [0.5, 0.6) is 0 Å². The number of hydrogen-bond donors (Lipinski definition) is 2. The van der Waals surface area contributed by atoms with Crippen molar-refractivity contribution in [2.45, 2.75) is 32.1 Å². The summed E-state index contributed by atoms with van der Waals surface area (Å²) in [6.07, 6.45) is 8.60. The predicted octanol–water partition coefficient (Wildman–Crippen LogP) is 2.29. The molecule has 0 fully saturated rings. The van der Waals surface area contributed by atoms with Crippen molar-refractivity contribution >= 4 is 39.4 Å². The van der Waals surface area contributed by atoms with Crippen molar-refractivity contribution in [3.8, 4) is 12.3 Å². The number of nitrogens with one attached hydrogen (secondary N) is 2. The molecule has 2 heterocycles. The molecule has 2 aromatic heterocycles. The summed E-state index contributed by atoms with van der Waals surface area (Å²) in [6.45, 7) is 0. The maximum Gasteiger partial charge on any atom is 0.340 e. The number of unbranched alkanes of at least 4 members (excludes halogenated alkanes) is 3. The predicted molar refractivity (Wildman–Crippen MR) is 92.1 cm³/mol.